The summed E-state index contributed by atoms with van der Waals surface area (Å²) >= 11 is 0. The van der Waals surface area contributed by atoms with Crippen molar-refractivity contribution in [3.05, 3.63) is 134 Å². The summed E-state index contributed by atoms with van der Waals surface area (Å²) in [6.07, 6.45) is 91.8. The zero-order chi connectivity index (χ0) is 56.4. The monoisotopic (exact) mass is 1080 g/mol. The second-order valence-corrected chi connectivity index (χ2v) is 20.9. The predicted molar refractivity (Wildman–Crippen MR) is 339 cm³/mol. The number of hydrogen-bond acceptors (Lipinski definition) is 6. The van der Waals surface area contributed by atoms with Crippen molar-refractivity contribution in [1.29, 1.82) is 0 Å². The zero-order valence-electron chi connectivity index (χ0n) is 50.6. The standard InChI is InChI=1S/C72H118O6/c1-4-7-10-13-16-19-22-25-27-28-29-30-31-32-33-34-35-36-37-38-39-40-41-42-43-44-45-48-50-53-56-59-62-65-71(74)77-68-69(67-76-70(73)64-61-58-55-52-49-46-24-21-18-15-12-9-6-3)78-72(75)66-63-60-57-54-51-47-26-23-20-17-14-11-8-5-2/h7,10,16,19,23,25-27,29-30,32-33,35-36,38-39,41-42,44-45,50,53,69H,4-6,8-9,11-15,17-18,20-22,24,28,31,34,37,40,43,46-49,51-52,54-68H2,1-3H3/b10-7-,19-16-,26-23-,27-25-,30-29-,33-32-,36-35-,39-38-,42-41-,45-44-,53-50-. The van der Waals surface area contributed by atoms with Crippen molar-refractivity contribution in [3.63, 3.8) is 0 Å². The van der Waals surface area contributed by atoms with Crippen LogP contribution in [0.3, 0.4) is 0 Å². The highest BCUT2D eigenvalue weighted by Gasteiger charge is 2.19. The van der Waals surface area contributed by atoms with E-state index < -0.39 is 6.10 Å². The van der Waals surface area contributed by atoms with Crippen molar-refractivity contribution in [2.75, 3.05) is 13.2 Å². The summed E-state index contributed by atoms with van der Waals surface area (Å²) in [6.45, 7) is 6.48. The maximum Gasteiger partial charge on any atom is 0.306 e. The second kappa shape index (κ2) is 65.1. The average molecular weight is 1080 g/mol. The van der Waals surface area contributed by atoms with Gasteiger partial charge in [-0.1, -0.05) is 276 Å². The van der Waals surface area contributed by atoms with Gasteiger partial charge in [-0.05, 0) is 122 Å². The van der Waals surface area contributed by atoms with Gasteiger partial charge in [0.1, 0.15) is 13.2 Å². The van der Waals surface area contributed by atoms with Gasteiger partial charge < -0.3 is 14.2 Å². The average Bonchev–Trinajstić information content (AvgIpc) is 3.44. The number of unbranched alkanes of at least 4 members (excludes halogenated alkanes) is 24. The highest BCUT2D eigenvalue weighted by molar-refractivity contribution is 5.71. The highest BCUT2D eigenvalue weighted by Crippen LogP contribution is 2.15. The number of allylic oxidation sites excluding steroid dienone is 22. The van der Waals surface area contributed by atoms with Gasteiger partial charge in [-0.15, -0.1) is 0 Å². The van der Waals surface area contributed by atoms with E-state index in [1.807, 2.05) is 0 Å². The van der Waals surface area contributed by atoms with Crippen LogP contribution < -0.4 is 0 Å². The molecule has 0 fully saturated rings. The van der Waals surface area contributed by atoms with Crippen molar-refractivity contribution < 1.29 is 28.6 Å². The normalized spacial score (nSPS) is 13.0. The molecule has 78 heavy (non-hydrogen) atoms. The Bertz CT molecular complexity index is 1670. The Balaban J connectivity index is 4.36. The van der Waals surface area contributed by atoms with E-state index in [0.717, 1.165) is 128 Å². The summed E-state index contributed by atoms with van der Waals surface area (Å²) in [5.41, 5.74) is 0. The zero-order valence-corrected chi connectivity index (χ0v) is 50.6. The fourth-order valence-electron chi connectivity index (χ4n) is 8.58. The van der Waals surface area contributed by atoms with Gasteiger partial charge in [0.15, 0.2) is 6.10 Å². The summed E-state index contributed by atoms with van der Waals surface area (Å²) in [5, 5.41) is 0. The molecule has 0 aromatic heterocycles. The van der Waals surface area contributed by atoms with E-state index in [9.17, 15) is 14.4 Å². The number of hydrogen-bond donors (Lipinski definition) is 0. The Hall–Kier alpha value is -4.45. The number of ether oxygens (including phenoxy) is 3. The third kappa shape index (κ3) is 62.4. The minimum Gasteiger partial charge on any atom is -0.462 e. The van der Waals surface area contributed by atoms with Gasteiger partial charge in [0, 0.05) is 19.3 Å². The maximum absolute atomic E-state index is 12.9. The summed E-state index contributed by atoms with van der Waals surface area (Å²) in [7, 11) is 0. The molecule has 1 unspecified atom stereocenters. The largest absolute Gasteiger partial charge is 0.462 e. The Kier molecular flexibility index (Phi) is 61.4. The molecule has 0 aromatic carbocycles. The van der Waals surface area contributed by atoms with Crippen LogP contribution in [0, 0.1) is 0 Å². The summed E-state index contributed by atoms with van der Waals surface area (Å²) in [6, 6.07) is 0. The third-order valence-corrected chi connectivity index (χ3v) is 13.4. The van der Waals surface area contributed by atoms with Gasteiger partial charge in [-0.25, -0.2) is 0 Å². The molecule has 0 spiro atoms. The van der Waals surface area contributed by atoms with Gasteiger partial charge in [-0.3, -0.25) is 14.4 Å². The van der Waals surface area contributed by atoms with Crippen LogP contribution in [0.15, 0.2) is 134 Å². The van der Waals surface area contributed by atoms with Gasteiger partial charge in [-0.2, -0.15) is 0 Å². The van der Waals surface area contributed by atoms with Crippen molar-refractivity contribution in [3.8, 4) is 0 Å². The van der Waals surface area contributed by atoms with E-state index in [1.54, 1.807) is 0 Å². The molecule has 0 bridgehead atoms. The molecular formula is C72H118O6. The fraction of sp³-hybridized carbons (Fsp3) is 0.653. The quantitative estimate of drug-likeness (QED) is 0.0261. The lowest BCUT2D eigenvalue weighted by Crippen LogP contribution is -2.30. The molecule has 0 aliphatic heterocycles. The number of carbonyl (C=O) groups is 3. The molecule has 0 N–H and O–H groups in total. The first-order valence-corrected chi connectivity index (χ1v) is 32.2. The van der Waals surface area contributed by atoms with Gasteiger partial charge >= 0.3 is 17.9 Å². The first-order chi connectivity index (χ1) is 38.5. The topological polar surface area (TPSA) is 78.9 Å². The summed E-state index contributed by atoms with van der Waals surface area (Å²) < 4.78 is 16.8. The molecule has 0 heterocycles. The molecule has 6 nitrogen and oxygen atoms in total. The first-order valence-electron chi connectivity index (χ1n) is 32.2. The number of carbonyl (C=O) groups excluding carboxylic acids is 3. The van der Waals surface area contributed by atoms with Crippen LogP contribution in [0.5, 0.6) is 0 Å². The number of rotatable bonds is 57. The predicted octanol–water partition coefficient (Wildman–Crippen LogP) is 22.2. The van der Waals surface area contributed by atoms with Gasteiger partial charge in [0.25, 0.3) is 0 Å². The van der Waals surface area contributed by atoms with E-state index in [0.29, 0.717) is 25.7 Å². The third-order valence-electron chi connectivity index (χ3n) is 13.4. The molecule has 0 aliphatic carbocycles. The molecule has 6 heteroatoms. The lowest BCUT2D eigenvalue weighted by atomic mass is 10.0. The Morgan fingerprint density at radius 1 is 0.269 bits per heavy atom. The Morgan fingerprint density at radius 3 is 0.821 bits per heavy atom. The summed E-state index contributed by atoms with van der Waals surface area (Å²) in [5.74, 6) is -0.948. The van der Waals surface area contributed by atoms with Crippen LogP contribution in [-0.4, -0.2) is 37.2 Å². The van der Waals surface area contributed by atoms with E-state index in [1.165, 1.54) is 109 Å². The van der Waals surface area contributed by atoms with Gasteiger partial charge in [0.2, 0.25) is 0 Å². The molecular weight excluding hydrogens is 961 g/mol. The summed E-state index contributed by atoms with van der Waals surface area (Å²) in [4.78, 5) is 38.2. The van der Waals surface area contributed by atoms with E-state index in [-0.39, 0.29) is 31.1 Å². The lowest BCUT2D eigenvalue weighted by Gasteiger charge is -2.18. The molecule has 442 valence electrons. The van der Waals surface area contributed by atoms with Crippen LogP contribution >= 0.6 is 0 Å². The Labute approximate surface area is 481 Å². The van der Waals surface area contributed by atoms with Crippen LogP contribution in [0.2, 0.25) is 0 Å². The van der Waals surface area contributed by atoms with Gasteiger partial charge in [0.05, 0.1) is 0 Å². The second-order valence-electron chi connectivity index (χ2n) is 20.9. The van der Waals surface area contributed by atoms with E-state index in [2.05, 4.69) is 154 Å². The van der Waals surface area contributed by atoms with Crippen molar-refractivity contribution >= 4 is 17.9 Å². The van der Waals surface area contributed by atoms with Crippen molar-refractivity contribution in [1.82, 2.24) is 0 Å². The number of esters is 3. The van der Waals surface area contributed by atoms with Crippen molar-refractivity contribution in [2.45, 2.75) is 290 Å². The van der Waals surface area contributed by atoms with Crippen LogP contribution in [0.25, 0.3) is 0 Å². The molecule has 0 radical (unpaired) electrons. The van der Waals surface area contributed by atoms with Crippen molar-refractivity contribution in [2.24, 2.45) is 0 Å². The minimum absolute atomic E-state index is 0.0955. The van der Waals surface area contributed by atoms with Crippen LogP contribution in [0.1, 0.15) is 284 Å². The first kappa shape index (κ1) is 73.5. The molecule has 1 atom stereocenters. The molecule has 0 aliphatic rings. The Morgan fingerprint density at radius 2 is 0.500 bits per heavy atom. The van der Waals surface area contributed by atoms with E-state index >= 15 is 0 Å². The SMILES string of the molecule is CC/C=C\C/C=C\C/C=C\C/C=C\C/C=C\C/C=C\C/C=C\C/C=C\C/C=C\C/C=C\CCCCC(=O)OCC(COC(=O)CCCCCCCCCCCCCCC)OC(=O)CCCCCCC/C=C\CCCCCCC. The fourth-order valence-corrected chi connectivity index (χ4v) is 8.58. The van der Waals surface area contributed by atoms with Crippen LogP contribution in [-0.2, 0) is 28.6 Å². The molecule has 0 saturated heterocycles. The minimum atomic E-state index is -0.802. The maximum atomic E-state index is 12.9. The molecule has 0 aromatic rings. The molecule has 0 rings (SSSR count). The van der Waals surface area contributed by atoms with E-state index in [4.69, 9.17) is 14.2 Å². The lowest BCUT2D eigenvalue weighted by molar-refractivity contribution is -0.167. The molecule has 0 saturated carbocycles. The van der Waals surface area contributed by atoms with Crippen LogP contribution in [0.4, 0.5) is 0 Å². The molecule has 0 amide bonds. The highest BCUT2D eigenvalue weighted by atomic mass is 16.6. The smallest absolute Gasteiger partial charge is 0.306 e.